The van der Waals surface area contributed by atoms with Crippen molar-refractivity contribution in [3.63, 3.8) is 0 Å². The average Bonchev–Trinajstić information content (AvgIpc) is 2.13. The number of hydrogen-bond acceptors (Lipinski definition) is 3. The van der Waals surface area contributed by atoms with E-state index < -0.39 is 0 Å². The number of phenolic OH excluding ortho intramolecular Hbond substituents is 1. The summed E-state index contributed by atoms with van der Waals surface area (Å²) in [4.78, 5) is 21.4. The molecule has 0 radical (unpaired) electrons. The molecule has 4 nitrogen and oxygen atoms in total. The number of aryl methyl sites for hydroxylation is 1. The van der Waals surface area contributed by atoms with Gasteiger partial charge in [-0.05, 0) is 18.6 Å². The molecular formula is C10H11NO3. The molecular weight excluding hydrogens is 182 g/mol. The number of hydrogen-bond donors (Lipinski definition) is 2. The molecule has 1 aromatic carbocycles. The second-order valence-corrected chi connectivity index (χ2v) is 2.99. The van der Waals surface area contributed by atoms with Crippen molar-refractivity contribution < 1.29 is 14.7 Å². The number of phenols is 1. The number of aromatic hydroxyl groups is 1. The van der Waals surface area contributed by atoms with Crippen LogP contribution in [0, 0.1) is 6.92 Å². The van der Waals surface area contributed by atoms with Crippen LogP contribution in [-0.4, -0.2) is 17.3 Å². The van der Waals surface area contributed by atoms with E-state index in [1.807, 2.05) is 0 Å². The minimum absolute atomic E-state index is 0.0650. The number of carbonyl (C=O) groups is 2. The number of carbonyl (C=O) groups excluding carboxylic acids is 2. The number of nitrogens with one attached hydrogen (secondary N) is 1. The maximum Gasteiger partial charge on any atom is 0.221 e. The fourth-order valence-electron chi connectivity index (χ4n) is 1.12. The fraction of sp³-hybridized carbons (Fsp3) is 0.200. The highest BCUT2D eigenvalue weighted by molar-refractivity contribution is 5.97. The summed E-state index contributed by atoms with van der Waals surface area (Å²) in [5.74, 6) is -0.390. The predicted octanol–water partition coefficient (Wildman–Crippen LogP) is 1.47. The molecule has 0 aromatic heterocycles. The van der Waals surface area contributed by atoms with Crippen LogP contribution in [0.15, 0.2) is 12.1 Å². The Morgan fingerprint density at radius 2 is 2.14 bits per heavy atom. The number of benzene rings is 1. The molecule has 0 unspecified atom stereocenters. The zero-order chi connectivity index (χ0) is 10.7. The van der Waals surface area contributed by atoms with Crippen LogP contribution >= 0.6 is 0 Å². The van der Waals surface area contributed by atoms with E-state index in [-0.39, 0.29) is 22.9 Å². The molecule has 0 bridgehead atoms. The van der Waals surface area contributed by atoms with Crippen LogP contribution in [0.3, 0.4) is 0 Å². The summed E-state index contributed by atoms with van der Waals surface area (Å²) in [6, 6.07) is 3.16. The van der Waals surface area contributed by atoms with Gasteiger partial charge in [-0.3, -0.25) is 9.59 Å². The lowest BCUT2D eigenvalue weighted by molar-refractivity contribution is -0.114. The summed E-state index contributed by atoms with van der Waals surface area (Å²) in [7, 11) is 0. The van der Waals surface area contributed by atoms with Gasteiger partial charge in [0, 0.05) is 12.5 Å². The van der Waals surface area contributed by atoms with E-state index in [0.29, 0.717) is 11.8 Å². The number of rotatable bonds is 2. The third-order valence-corrected chi connectivity index (χ3v) is 1.84. The second-order valence-electron chi connectivity index (χ2n) is 2.99. The maximum absolute atomic E-state index is 10.8. The summed E-state index contributed by atoms with van der Waals surface area (Å²) in [6.45, 7) is 3.01. The summed E-state index contributed by atoms with van der Waals surface area (Å²) < 4.78 is 0. The summed E-state index contributed by atoms with van der Waals surface area (Å²) in [5.41, 5.74) is 1.05. The lowest BCUT2D eigenvalue weighted by Gasteiger charge is -2.09. The Bertz CT molecular complexity index is 385. The quantitative estimate of drug-likeness (QED) is 0.552. The Morgan fingerprint density at radius 3 is 2.64 bits per heavy atom. The van der Waals surface area contributed by atoms with Gasteiger partial charge in [-0.15, -0.1) is 0 Å². The average molecular weight is 193 g/mol. The lowest BCUT2D eigenvalue weighted by Crippen LogP contribution is -2.08. The topological polar surface area (TPSA) is 66.4 Å². The highest BCUT2D eigenvalue weighted by Gasteiger charge is 2.10. The zero-order valence-corrected chi connectivity index (χ0v) is 8.00. The van der Waals surface area contributed by atoms with Crippen molar-refractivity contribution in [3.8, 4) is 5.75 Å². The van der Waals surface area contributed by atoms with E-state index in [9.17, 15) is 14.7 Å². The molecule has 0 saturated heterocycles. The summed E-state index contributed by atoms with van der Waals surface area (Å²) in [6.07, 6.45) is 0.588. The first-order chi connectivity index (χ1) is 6.56. The summed E-state index contributed by atoms with van der Waals surface area (Å²) >= 11 is 0. The van der Waals surface area contributed by atoms with E-state index in [0.717, 1.165) is 0 Å². The standard InChI is InChI=1S/C10H11NO3/c1-6-3-4-8(5-12)9(10(6)14)11-7(2)13/h3-5,14H,1-2H3,(H,11,13). The normalized spacial score (nSPS) is 9.57. The van der Waals surface area contributed by atoms with Crippen molar-refractivity contribution in [1.29, 1.82) is 0 Å². The van der Waals surface area contributed by atoms with Gasteiger partial charge in [0.05, 0.1) is 5.69 Å². The Balaban J connectivity index is 3.27. The fourth-order valence-corrected chi connectivity index (χ4v) is 1.12. The zero-order valence-electron chi connectivity index (χ0n) is 8.00. The third kappa shape index (κ3) is 1.90. The predicted molar refractivity (Wildman–Crippen MR) is 52.5 cm³/mol. The molecule has 0 saturated carbocycles. The van der Waals surface area contributed by atoms with Crippen LogP contribution < -0.4 is 5.32 Å². The number of aldehydes is 1. The van der Waals surface area contributed by atoms with Crippen molar-refractivity contribution in [1.82, 2.24) is 0 Å². The largest absolute Gasteiger partial charge is 0.505 e. The third-order valence-electron chi connectivity index (χ3n) is 1.84. The molecule has 0 aliphatic rings. The van der Waals surface area contributed by atoms with Crippen molar-refractivity contribution in [2.75, 3.05) is 5.32 Å². The van der Waals surface area contributed by atoms with Gasteiger partial charge in [-0.1, -0.05) is 6.07 Å². The van der Waals surface area contributed by atoms with E-state index >= 15 is 0 Å². The molecule has 0 atom stereocenters. The lowest BCUT2D eigenvalue weighted by atomic mass is 10.1. The van der Waals surface area contributed by atoms with Crippen LogP contribution in [0.1, 0.15) is 22.8 Å². The molecule has 1 amide bonds. The Morgan fingerprint density at radius 1 is 1.50 bits per heavy atom. The van der Waals surface area contributed by atoms with Crippen LogP contribution in [0.5, 0.6) is 5.75 Å². The molecule has 1 rings (SSSR count). The van der Waals surface area contributed by atoms with Crippen LogP contribution in [0.2, 0.25) is 0 Å². The number of amides is 1. The molecule has 2 N–H and O–H groups in total. The van der Waals surface area contributed by atoms with Gasteiger partial charge in [-0.25, -0.2) is 0 Å². The van der Waals surface area contributed by atoms with Crippen molar-refractivity contribution in [2.45, 2.75) is 13.8 Å². The van der Waals surface area contributed by atoms with E-state index in [1.165, 1.54) is 6.92 Å². The Kier molecular flexibility index (Phi) is 2.86. The van der Waals surface area contributed by atoms with E-state index in [1.54, 1.807) is 19.1 Å². The van der Waals surface area contributed by atoms with Gasteiger partial charge in [0.1, 0.15) is 5.75 Å². The van der Waals surface area contributed by atoms with Crippen molar-refractivity contribution in [2.24, 2.45) is 0 Å². The SMILES string of the molecule is CC(=O)Nc1c(C=O)ccc(C)c1O. The molecule has 4 heteroatoms. The van der Waals surface area contributed by atoms with Gasteiger partial charge in [0.25, 0.3) is 0 Å². The van der Waals surface area contributed by atoms with E-state index in [2.05, 4.69) is 5.32 Å². The monoisotopic (exact) mass is 193 g/mol. The van der Waals surface area contributed by atoms with Gasteiger partial charge in [0.2, 0.25) is 5.91 Å². The van der Waals surface area contributed by atoms with Crippen LogP contribution in [0.4, 0.5) is 5.69 Å². The van der Waals surface area contributed by atoms with Crippen molar-refractivity contribution in [3.05, 3.63) is 23.3 Å². The molecule has 74 valence electrons. The molecule has 0 aliphatic carbocycles. The smallest absolute Gasteiger partial charge is 0.221 e. The molecule has 0 fully saturated rings. The second kappa shape index (κ2) is 3.91. The van der Waals surface area contributed by atoms with Crippen molar-refractivity contribution >= 4 is 17.9 Å². The first-order valence-electron chi connectivity index (χ1n) is 4.11. The molecule has 0 heterocycles. The van der Waals surface area contributed by atoms with E-state index in [4.69, 9.17) is 0 Å². The molecule has 0 aliphatic heterocycles. The van der Waals surface area contributed by atoms with Crippen LogP contribution in [-0.2, 0) is 4.79 Å². The van der Waals surface area contributed by atoms with Gasteiger partial charge >= 0.3 is 0 Å². The molecule has 14 heavy (non-hydrogen) atoms. The van der Waals surface area contributed by atoms with Gasteiger partial charge < -0.3 is 10.4 Å². The highest BCUT2D eigenvalue weighted by atomic mass is 16.3. The first-order valence-corrected chi connectivity index (χ1v) is 4.11. The minimum atomic E-state index is -0.325. The number of anilines is 1. The van der Waals surface area contributed by atoms with Crippen LogP contribution in [0.25, 0.3) is 0 Å². The maximum atomic E-state index is 10.8. The Hall–Kier alpha value is -1.84. The summed E-state index contributed by atoms with van der Waals surface area (Å²) in [5, 5.41) is 12.0. The van der Waals surface area contributed by atoms with Gasteiger partial charge in [0.15, 0.2) is 6.29 Å². The minimum Gasteiger partial charge on any atom is -0.505 e. The molecule has 1 aromatic rings. The highest BCUT2D eigenvalue weighted by Crippen LogP contribution is 2.29. The first kappa shape index (κ1) is 10.2. The van der Waals surface area contributed by atoms with Gasteiger partial charge in [-0.2, -0.15) is 0 Å². The molecule has 0 spiro atoms. The Labute approximate surface area is 81.6 Å².